The SMILES string of the molecule is C=CN(C=C)c1cc(Nc2ccn3ccnc3c2)nc(C)n1. The van der Waals surface area contributed by atoms with Crippen LogP contribution < -0.4 is 10.2 Å². The van der Waals surface area contributed by atoms with Crippen LogP contribution in [0.4, 0.5) is 17.3 Å². The molecule has 0 amide bonds. The van der Waals surface area contributed by atoms with Crippen molar-refractivity contribution in [1.29, 1.82) is 0 Å². The summed E-state index contributed by atoms with van der Waals surface area (Å²) in [5.74, 6) is 2.07. The molecule has 0 aromatic carbocycles. The summed E-state index contributed by atoms with van der Waals surface area (Å²) in [6.07, 6.45) is 8.90. The normalized spacial score (nSPS) is 10.4. The molecule has 6 heteroatoms. The molecule has 0 fully saturated rings. The number of anilines is 3. The van der Waals surface area contributed by atoms with E-state index in [-0.39, 0.29) is 0 Å². The van der Waals surface area contributed by atoms with Gasteiger partial charge in [-0.25, -0.2) is 15.0 Å². The van der Waals surface area contributed by atoms with E-state index in [9.17, 15) is 0 Å². The van der Waals surface area contributed by atoms with Crippen molar-refractivity contribution in [2.24, 2.45) is 0 Å². The number of aryl methyl sites for hydroxylation is 1. The van der Waals surface area contributed by atoms with E-state index in [0.29, 0.717) is 17.5 Å². The topological polar surface area (TPSA) is 58.4 Å². The summed E-state index contributed by atoms with van der Waals surface area (Å²) in [6, 6.07) is 5.76. The first-order chi connectivity index (χ1) is 10.7. The first-order valence-electron chi connectivity index (χ1n) is 6.78. The smallest absolute Gasteiger partial charge is 0.142 e. The molecule has 0 saturated heterocycles. The van der Waals surface area contributed by atoms with Gasteiger partial charge in [0.05, 0.1) is 0 Å². The number of hydrogen-bond acceptors (Lipinski definition) is 5. The zero-order chi connectivity index (χ0) is 15.5. The van der Waals surface area contributed by atoms with Crippen LogP contribution in [-0.4, -0.2) is 19.4 Å². The largest absolute Gasteiger partial charge is 0.340 e. The molecule has 22 heavy (non-hydrogen) atoms. The van der Waals surface area contributed by atoms with Gasteiger partial charge in [0.1, 0.15) is 23.1 Å². The molecule has 0 spiro atoms. The van der Waals surface area contributed by atoms with Gasteiger partial charge in [0.15, 0.2) is 0 Å². The number of aromatic nitrogens is 4. The van der Waals surface area contributed by atoms with Gasteiger partial charge in [0, 0.05) is 48.8 Å². The highest BCUT2D eigenvalue weighted by atomic mass is 15.2. The highest BCUT2D eigenvalue weighted by Gasteiger charge is 2.06. The van der Waals surface area contributed by atoms with E-state index in [1.165, 1.54) is 0 Å². The van der Waals surface area contributed by atoms with Crippen molar-refractivity contribution < 1.29 is 0 Å². The van der Waals surface area contributed by atoms with Gasteiger partial charge < -0.3 is 14.6 Å². The summed E-state index contributed by atoms with van der Waals surface area (Å²) in [4.78, 5) is 14.8. The average molecular weight is 292 g/mol. The van der Waals surface area contributed by atoms with Crippen molar-refractivity contribution in [3.05, 3.63) is 68.2 Å². The van der Waals surface area contributed by atoms with Crippen LogP contribution in [0.1, 0.15) is 5.82 Å². The quantitative estimate of drug-likeness (QED) is 0.782. The second-order valence-electron chi connectivity index (χ2n) is 4.66. The standard InChI is InChI=1S/C16H16N6/c1-4-21(5-2)16-11-14(18-12(3)19-16)20-13-6-8-22-9-7-17-15(22)10-13/h4-11H,1-2H2,3H3,(H,18,19,20). The molecule has 0 aliphatic carbocycles. The zero-order valence-corrected chi connectivity index (χ0v) is 12.3. The van der Waals surface area contributed by atoms with Crippen LogP contribution in [-0.2, 0) is 0 Å². The van der Waals surface area contributed by atoms with E-state index in [1.807, 2.05) is 41.9 Å². The lowest BCUT2D eigenvalue weighted by molar-refractivity contribution is 1.03. The third-order valence-corrected chi connectivity index (χ3v) is 3.15. The molecule has 3 aromatic heterocycles. The van der Waals surface area contributed by atoms with Crippen molar-refractivity contribution in [3.8, 4) is 0 Å². The van der Waals surface area contributed by atoms with Gasteiger partial charge in [-0.15, -0.1) is 0 Å². The third-order valence-electron chi connectivity index (χ3n) is 3.15. The lowest BCUT2D eigenvalue weighted by atomic mass is 10.3. The molecule has 0 radical (unpaired) electrons. The summed E-state index contributed by atoms with van der Waals surface area (Å²) >= 11 is 0. The minimum absolute atomic E-state index is 0.663. The number of pyridine rings is 1. The lowest BCUT2D eigenvalue weighted by Crippen LogP contribution is -2.10. The van der Waals surface area contributed by atoms with Gasteiger partial charge in [-0.05, 0) is 13.0 Å². The van der Waals surface area contributed by atoms with Crippen LogP contribution in [0.25, 0.3) is 5.65 Å². The zero-order valence-electron chi connectivity index (χ0n) is 12.3. The predicted molar refractivity (Wildman–Crippen MR) is 88.1 cm³/mol. The number of fused-ring (bicyclic) bond motifs is 1. The molecule has 3 heterocycles. The van der Waals surface area contributed by atoms with E-state index in [2.05, 4.69) is 33.4 Å². The van der Waals surface area contributed by atoms with E-state index in [1.54, 1.807) is 23.5 Å². The number of hydrogen-bond donors (Lipinski definition) is 1. The fraction of sp³-hybridized carbons (Fsp3) is 0.0625. The summed E-state index contributed by atoms with van der Waals surface area (Å²) in [6.45, 7) is 9.33. The first-order valence-corrected chi connectivity index (χ1v) is 6.78. The Hall–Kier alpha value is -3.15. The Balaban J connectivity index is 1.93. The Bertz CT molecular complexity index is 828. The molecule has 0 aliphatic heterocycles. The average Bonchev–Trinajstić information content (AvgIpc) is 2.95. The fourth-order valence-electron chi connectivity index (χ4n) is 2.15. The molecule has 0 bridgehead atoms. The molecule has 0 aliphatic rings. The summed E-state index contributed by atoms with van der Waals surface area (Å²) in [5, 5.41) is 3.27. The van der Waals surface area contributed by atoms with Crippen molar-refractivity contribution in [1.82, 2.24) is 19.4 Å². The van der Waals surface area contributed by atoms with E-state index < -0.39 is 0 Å². The van der Waals surface area contributed by atoms with Gasteiger partial charge in [0.2, 0.25) is 0 Å². The third kappa shape index (κ3) is 2.67. The molecule has 6 nitrogen and oxygen atoms in total. The highest BCUT2D eigenvalue weighted by Crippen LogP contribution is 2.20. The van der Waals surface area contributed by atoms with Crippen LogP contribution in [0, 0.1) is 6.92 Å². The summed E-state index contributed by atoms with van der Waals surface area (Å²) in [5.41, 5.74) is 1.78. The minimum atomic E-state index is 0.663. The number of imidazole rings is 1. The van der Waals surface area contributed by atoms with Crippen molar-refractivity contribution in [2.75, 3.05) is 10.2 Å². The van der Waals surface area contributed by atoms with Gasteiger partial charge in [0.25, 0.3) is 0 Å². The monoisotopic (exact) mass is 292 g/mol. The Morgan fingerprint density at radius 1 is 1.18 bits per heavy atom. The molecule has 1 N–H and O–H groups in total. The van der Waals surface area contributed by atoms with Crippen LogP contribution in [0.5, 0.6) is 0 Å². The molecule has 0 saturated carbocycles. The van der Waals surface area contributed by atoms with Crippen LogP contribution in [0.2, 0.25) is 0 Å². The number of nitrogens with zero attached hydrogens (tertiary/aromatic N) is 5. The number of nitrogens with one attached hydrogen (secondary N) is 1. The predicted octanol–water partition coefficient (Wildman–Crippen LogP) is 3.27. The minimum Gasteiger partial charge on any atom is -0.340 e. The second-order valence-corrected chi connectivity index (χ2v) is 4.66. The molecule has 3 aromatic rings. The molecule has 0 atom stereocenters. The Labute approximate surface area is 128 Å². The second kappa shape index (κ2) is 5.69. The van der Waals surface area contributed by atoms with Gasteiger partial charge in [-0.1, -0.05) is 13.2 Å². The Kier molecular flexibility index (Phi) is 3.57. The first kappa shape index (κ1) is 13.8. The molecular weight excluding hydrogens is 276 g/mol. The highest BCUT2D eigenvalue weighted by molar-refractivity contribution is 5.64. The van der Waals surface area contributed by atoms with Gasteiger partial charge in [-0.2, -0.15) is 0 Å². The van der Waals surface area contributed by atoms with Crippen LogP contribution in [0.15, 0.2) is 62.3 Å². The van der Waals surface area contributed by atoms with Crippen molar-refractivity contribution in [2.45, 2.75) is 6.92 Å². The fourth-order valence-corrected chi connectivity index (χ4v) is 2.15. The van der Waals surface area contributed by atoms with E-state index in [4.69, 9.17) is 0 Å². The van der Waals surface area contributed by atoms with Crippen LogP contribution >= 0.6 is 0 Å². The summed E-state index contributed by atoms with van der Waals surface area (Å²) < 4.78 is 1.94. The van der Waals surface area contributed by atoms with Gasteiger partial charge in [-0.3, -0.25) is 0 Å². The molecule has 110 valence electrons. The maximum atomic E-state index is 4.40. The van der Waals surface area contributed by atoms with E-state index in [0.717, 1.165) is 11.3 Å². The molecule has 3 rings (SSSR count). The van der Waals surface area contributed by atoms with Crippen LogP contribution in [0.3, 0.4) is 0 Å². The Morgan fingerprint density at radius 2 is 2.00 bits per heavy atom. The van der Waals surface area contributed by atoms with Gasteiger partial charge >= 0.3 is 0 Å². The molecular formula is C16H16N6. The maximum Gasteiger partial charge on any atom is 0.142 e. The number of rotatable bonds is 5. The van der Waals surface area contributed by atoms with Crippen molar-refractivity contribution in [3.63, 3.8) is 0 Å². The molecule has 0 unspecified atom stereocenters. The summed E-state index contributed by atoms with van der Waals surface area (Å²) in [7, 11) is 0. The van der Waals surface area contributed by atoms with Crippen molar-refractivity contribution >= 4 is 23.0 Å². The lowest BCUT2D eigenvalue weighted by Gasteiger charge is -2.15. The van der Waals surface area contributed by atoms with E-state index >= 15 is 0 Å². The maximum absolute atomic E-state index is 4.40. The Morgan fingerprint density at radius 3 is 2.77 bits per heavy atom.